The molecule has 1 atom stereocenters. The third kappa shape index (κ3) is 2.58. The fourth-order valence-electron chi connectivity index (χ4n) is 1.52. The van der Waals surface area contributed by atoms with E-state index in [2.05, 4.69) is 5.32 Å². The Bertz CT molecular complexity index is 357. The Morgan fingerprint density at radius 1 is 1.31 bits per heavy atom. The summed E-state index contributed by atoms with van der Waals surface area (Å²) in [5.41, 5.74) is 0.651. The average Bonchev–Trinajstić information content (AvgIpc) is 2.28. The van der Waals surface area contributed by atoms with Gasteiger partial charge in [-0.15, -0.1) is 0 Å². The van der Waals surface area contributed by atoms with Gasteiger partial charge in [-0.05, 0) is 13.1 Å². The van der Waals surface area contributed by atoms with Crippen LogP contribution in [0.3, 0.4) is 0 Å². The summed E-state index contributed by atoms with van der Waals surface area (Å²) in [6, 6.07) is 3.41. The number of methoxy groups -OCH3 is 2. The molecule has 0 aliphatic rings. The molecule has 1 unspecified atom stereocenters. The van der Waals surface area contributed by atoms with Gasteiger partial charge in [0.1, 0.15) is 0 Å². The molecule has 0 radical (unpaired) electrons. The van der Waals surface area contributed by atoms with Crippen LogP contribution in [0.2, 0.25) is 5.02 Å². The first-order valence-electron chi connectivity index (χ1n) is 4.88. The zero-order chi connectivity index (χ0) is 12.1. The van der Waals surface area contributed by atoms with Gasteiger partial charge in [-0.25, -0.2) is 0 Å². The van der Waals surface area contributed by atoms with E-state index in [1.54, 1.807) is 19.2 Å². The van der Waals surface area contributed by atoms with Crippen molar-refractivity contribution in [1.29, 1.82) is 0 Å². The van der Waals surface area contributed by atoms with Crippen molar-refractivity contribution >= 4 is 11.6 Å². The first kappa shape index (κ1) is 13.1. The molecule has 16 heavy (non-hydrogen) atoms. The minimum absolute atomic E-state index is 0.432. The molecule has 4 nitrogen and oxygen atoms in total. The maximum absolute atomic E-state index is 9.90. The van der Waals surface area contributed by atoms with E-state index in [1.165, 1.54) is 14.2 Å². The number of hydrogen-bond acceptors (Lipinski definition) is 4. The molecule has 2 N–H and O–H groups in total. The van der Waals surface area contributed by atoms with Gasteiger partial charge in [-0.2, -0.15) is 0 Å². The number of ether oxygens (including phenoxy) is 2. The molecule has 0 aliphatic carbocycles. The highest BCUT2D eigenvalue weighted by Gasteiger charge is 2.18. The highest BCUT2D eigenvalue weighted by molar-refractivity contribution is 6.32. The van der Waals surface area contributed by atoms with Crippen LogP contribution in [0.4, 0.5) is 0 Å². The number of aliphatic hydroxyl groups excluding tert-OH is 1. The third-order valence-corrected chi connectivity index (χ3v) is 2.56. The Hall–Kier alpha value is -0.970. The Morgan fingerprint density at radius 2 is 1.94 bits per heavy atom. The number of benzene rings is 1. The second kappa shape index (κ2) is 5.94. The van der Waals surface area contributed by atoms with Crippen molar-refractivity contribution in [3.63, 3.8) is 0 Å². The van der Waals surface area contributed by atoms with Gasteiger partial charge in [0, 0.05) is 12.1 Å². The highest BCUT2D eigenvalue weighted by atomic mass is 35.5. The van der Waals surface area contributed by atoms with E-state index >= 15 is 0 Å². The third-order valence-electron chi connectivity index (χ3n) is 2.26. The first-order valence-corrected chi connectivity index (χ1v) is 5.26. The average molecular weight is 246 g/mol. The van der Waals surface area contributed by atoms with E-state index < -0.39 is 6.10 Å². The zero-order valence-electron chi connectivity index (χ0n) is 9.58. The molecule has 0 aliphatic heterocycles. The van der Waals surface area contributed by atoms with Gasteiger partial charge < -0.3 is 19.9 Å². The smallest absolute Gasteiger partial charge is 0.179 e. The summed E-state index contributed by atoms with van der Waals surface area (Å²) in [5, 5.41) is 13.3. The number of halogens is 1. The van der Waals surface area contributed by atoms with Crippen LogP contribution >= 0.6 is 11.6 Å². The number of rotatable bonds is 5. The number of hydrogen-bond donors (Lipinski definition) is 2. The number of aliphatic hydroxyl groups is 1. The minimum atomic E-state index is -0.661. The van der Waals surface area contributed by atoms with Crippen molar-refractivity contribution in [2.45, 2.75) is 6.10 Å². The molecular formula is C11H16ClNO3. The molecule has 90 valence electrons. The molecule has 0 bridgehead atoms. The normalized spacial score (nSPS) is 12.3. The predicted molar refractivity (Wildman–Crippen MR) is 63.4 cm³/mol. The number of nitrogens with one attached hydrogen (secondary N) is 1. The van der Waals surface area contributed by atoms with Crippen LogP contribution in [-0.4, -0.2) is 32.9 Å². The molecule has 1 rings (SSSR count). The summed E-state index contributed by atoms with van der Waals surface area (Å²) in [6.45, 7) is 0.432. The maximum Gasteiger partial charge on any atom is 0.179 e. The van der Waals surface area contributed by atoms with Crippen LogP contribution in [0.5, 0.6) is 11.5 Å². The summed E-state index contributed by atoms with van der Waals surface area (Å²) in [6.07, 6.45) is -0.661. The van der Waals surface area contributed by atoms with Gasteiger partial charge >= 0.3 is 0 Å². The van der Waals surface area contributed by atoms with Gasteiger partial charge in [-0.1, -0.05) is 17.7 Å². The van der Waals surface area contributed by atoms with Crippen LogP contribution in [0.1, 0.15) is 11.7 Å². The Kier molecular flexibility index (Phi) is 4.86. The molecule has 0 aromatic heterocycles. The zero-order valence-corrected chi connectivity index (χ0v) is 10.3. The second-order valence-corrected chi connectivity index (χ2v) is 3.68. The Morgan fingerprint density at radius 3 is 2.44 bits per heavy atom. The lowest BCUT2D eigenvalue weighted by Gasteiger charge is -2.17. The Balaban J connectivity index is 3.18. The van der Waals surface area contributed by atoms with Gasteiger partial charge in [0.25, 0.3) is 0 Å². The molecule has 5 heteroatoms. The number of likely N-dealkylation sites (N-methyl/N-ethyl adjacent to an activating group) is 1. The van der Waals surface area contributed by atoms with Crippen molar-refractivity contribution in [1.82, 2.24) is 5.32 Å². The van der Waals surface area contributed by atoms with Crippen LogP contribution in [0, 0.1) is 0 Å². The van der Waals surface area contributed by atoms with E-state index in [0.717, 1.165) is 0 Å². The quantitative estimate of drug-likeness (QED) is 0.828. The predicted octanol–water partition coefficient (Wildman–Crippen LogP) is 1.61. The largest absolute Gasteiger partial charge is 0.492 e. The van der Waals surface area contributed by atoms with Crippen molar-refractivity contribution < 1.29 is 14.6 Å². The lowest BCUT2D eigenvalue weighted by atomic mass is 10.1. The molecule has 0 amide bonds. The Labute approximate surface area is 100 Å². The van der Waals surface area contributed by atoms with Crippen LogP contribution in [-0.2, 0) is 0 Å². The SMILES string of the molecule is CNCC(O)c1ccc(Cl)c(OC)c1OC. The molecule has 0 spiro atoms. The summed E-state index contributed by atoms with van der Waals surface area (Å²) >= 11 is 5.96. The molecule has 1 aromatic rings. The van der Waals surface area contributed by atoms with E-state index in [4.69, 9.17) is 21.1 Å². The molecule has 1 aromatic carbocycles. The van der Waals surface area contributed by atoms with Gasteiger partial charge in [0.05, 0.1) is 25.3 Å². The first-order chi connectivity index (χ1) is 7.65. The topological polar surface area (TPSA) is 50.7 Å². The lowest BCUT2D eigenvalue weighted by molar-refractivity contribution is 0.172. The van der Waals surface area contributed by atoms with E-state index in [-0.39, 0.29) is 0 Å². The summed E-state index contributed by atoms with van der Waals surface area (Å²) in [4.78, 5) is 0. The van der Waals surface area contributed by atoms with Crippen molar-refractivity contribution in [3.8, 4) is 11.5 Å². The van der Waals surface area contributed by atoms with Crippen molar-refractivity contribution in [3.05, 3.63) is 22.7 Å². The summed E-state index contributed by atoms with van der Waals surface area (Å²) in [5.74, 6) is 0.912. The van der Waals surface area contributed by atoms with Crippen molar-refractivity contribution in [2.24, 2.45) is 0 Å². The van der Waals surface area contributed by atoms with Gasteiger partial charge in [0.15, 0.2) is 11.5 Å². The fourth-order valence-corrected chi connectivity index (χ4v) is 1.75. The maximum atomic E-state index is 9.90. The monoisotopic (exact) mass is 245 g/mol. The van der Waals surface area contributed by atoms with E-state index in [1.807, 2.05) is 0 Å². The molecular weight excluding hydrogens is 230 g/mol. The molecule has 0 fully saturated rings. The van der Waals surface area contributed by atoms with E-state index in [0.29, 0.717) is 28.6 Å². The lowest BCUT2D eigenvalue weighted by Crippen LogP contribution is -2.17. The second-order valence-electron chi connectivity index (χ2n) is 3.28. The molecule has 0 saturated heterocycles. The van der Waals surface area contributed by atoms with Crippen LogP contribution < -0.4 is 14.8 Å². The standard InChI is InChI=1S/C11H16ClNO3/c1-13-6-9(14)7-4-5-8(12)11(16-3)10(7)15-2/h4-5,9,13-14H,6H2,1-3H3. The molecule has 0 heterocycles. The van der Waals surface area contributed by atoms with E-state index in [9.17, 15) is 5.11 Å². The van der Waals surface area contributed by atoms with Crippen molar-refractivity contribution in [2.75, 3.05) is 27.8 Å². The summed E-state index contributed by atoms with van der Waals surface area (Å²) < 4.78 is 10.4. The highest BCUT2D eigenvalue weighted by Crippen LogP contribution is 2.40. The minimum Gasteiger partial charge on any atom is -0.492 e. The van der Waals surface area contributed by atoms with Crippen LogP contribution in [0.25, 0.3) is 0 Å². The molecule has 0 saturated carbocycles. The fraction of sp³-hybridized carbons (Fsp3) is 0.455. The van der Waals surface area contributed by atoms with Crippen LogP contribution in [0.15, 0.2) is 12.1 Å². The summed E-state index contributed by atoms with van der Waals surface area (Å²) in [7, 11) is 4.80. The van der Waals surface area contributed by atoms with Gasteiger partial charge in [-0.3, -0.25) is 0 Å². The van der Waals surface area contributed by atoms with Gasteiger partial charge in [0.2, 0.25) is 0 Å².